The lowest BCUT2D eigenvalue weighted by Crippen LogP contribution is -2.39. The molecule has 0 aliphatic rings. The van der Waals surface area contributed by atoms with Crippen LogP contribution in [0.3, 0.4) is 0 Å². The lowest BCUT2D eigenvalue weighted by atomic mass is 10.1. The summed E-state index contributed by atoms with van der Waals surface area (Å²) in [6.45, 7) is 1.52. The smallest absolute Gasteiger partial charge is 0.166 e. The molecule has 2 rings (SSSR count). The van der Waals surface area contributed by atoms with E-state index in [2.05, 4.69) is 21.1 Å². The van der Waals surface area contributed by atoms with Crippen molar-refractivity contribution in [3.63, 3.8) is 0 Å². The molecule has 0 saturated heterocycles. The van der Waals surface area contributed by atoms with Crippen LogP contribution in [0.2, 0.25) is 0 Å². The van der Waals surface area contributed by atoms with Crippen LogP contribution in [0.1, 0.15) is 19.8 Å². The Morgan fingerprint density at radius 2 is 1.67 bits per heavy atom. The summed E-state index contributed by atoms with van der Waals surface area (Å²) in [6, 6.07) is 18.3. The number of rotatable bonds is 9. The van der Waals surface area contributed by atoms with E-state index in [-0.39, 0.29) is 5.78 Å². The molecule has 0 bridgehead atoms. The molecule has 0 radical (unpaired) electrons. The highest BCUT2D eigenvalue weighted by atomic mass is 16.3. The van der Waals surface area contributed by atoms with Crippen molar-refractivity contribution < 1.29 is 9.90 Å². The Bertz CT molecular complexity index is 647. The standard InChI is InChI=1S/C18H22N4O2/c1-14(23)17(21-19-15-8-4-2-5-9-15)12-13-18(24)22-20-16-10-6-3-7-11-16/h2-11,17-19,21,24H,12-13H2,1H3. The van der Waals surface area contributed by atoms with Gasteiger partial charge in [-0.05, 0) is 44.0 Å². The monoisotopic (exact) mass is 326 g/mol. The molecule has 3 N–H and O–H groups in total. The normalized spacial score (nSPS) is 13.6. The molecule has 0 fully saturated rings. The molecule has 6 heteroatoms. The minimum atomic E-state index is -0.939. The zero-order valence-electron chi connectivity index (χ0n) is 13.6. The fourth-order valence-corrected chi connectivity index (χ4v) is 2.07. The third-order valence-electron chi connectivity index (χ3n) is 3.43. The molecule has 2 unspecified atom stereocenters. The number of nitrogens with one attached hydrogen (secondary N) is 2. The van der Waals surface area contributed by atoms with Crippen LogP contribution < -0.4 is 10.9 Å². The van der Waals surface area contributed by atoms with E-state index in [1.807, 2.05) is 48.5 Å². The Hall–Kier alpha value is -2.57. The molecule has 2 aromatic rings. The summed E-state index contributed by atoms with van der Waals surface area (Å²) in [5, 5.41) is 17.7. The van der Waals surface area contributed by atoms with Crippen molar-refractivity contribution in [3.05, 3.63) is 60.7 Å². The van der Waals surface area contributed by atoms with Crippen LogP contribution in [0, 0.1) is 0 Å². The first-order valence-corrected chi connectivity index (χ1v) is 7.86. The van der Waals surface area contributed by atoms with Crippen LogP contribution >= 0.6 is 0 Å². The number of hydrazine groups is 1. The summed E-state index contributed by atoms with van der Waals surface area (Å²) in [6.07, 6.45) is -0.153. The number of azo groups is 1. The number of Topliss-reactive ketones (excluding diaryl/α,β-unsaturated/α-hetero) is 1. The molecule has 0 aromatic heterocycles. The second-order valence-corrected chi connectivity index (χ2v) is 5.41. The van der Waals surface area contributed by atoms with Crippen molar-refractivity contribution in [1.29, 1.82) is 0 Å². The SMILES string of the molecule is CC(=O)C(CCC(O)N=Nc1ccccc1)NNc1ccccc1. The van der Waals surface area contributed by atoms with Gasteiger partial charge in [-0.3, -0.25) is 4.79 Å². The second kappa shape index (κ2) is 9.54. The second-order valence-electron chi connectivity index (χ2n) is 5.41. The van der Waals surface area contributed by atoms with Gasteiger partial charge in [0.2, 0.25) is 0 Å². The number of hydrogen-bond acceptors (Lipinski definition) is 6. The fourth-order valence-electron chi connectivity index (χ4n) is 2.07. The Labute approximate surface area is 141 Å². The summed E-state index contributed by atoms with van der Waals surface area (Å²) >= 11 is 0. The van der Waals surface area contributed by atoms with E-state index in [1.165, 1.54) is 6.92 Å². The van der Waals surface area contributed by atoms with E-state index in [1.54, 1.807) is 12.1 Å². The highest BCUT2D eigenvalue weighted by molar-refractivity contribution is 5.81. The van der Waals surface area contributed by atoms with E-state index in [0.717, 1.165) is 5.69 Å². The van der Waals surface area contributed by atoms with Crippen molar-refractivity contribution >= 4 is 17.2 Å². The van der Waals surface area contributed by atoms with Gasteiger partial charge in [0.05, 0.1) is 11.7 Å². The molecular weight excluding hydrogens is 304 g/mol. The van der Waals surface area contributed by atoms with Gasteiger partial charge in [0, 0.05) is 5.69 Å². The Morgan fingerprint density at radius 3 is 2.29 bits per heavy atom. The molecule has 0 spiro atoms. The molecule has 0 aliphatic carbocycles. The number of benzene rings is 2. The van der Waals surface area contributed by atoms with Gasteiger partial charge in [-0.2, -0.15) is 10.2 Å². The van der Waals surface area contributed by atoms with Crippen molar-refractivity contribution in [2.75, 3.05) is 5.43 Å². The number of carbonyl (C=O) groups excluding carboxylic acids is 1. The number of hydrogen-bond donors (Lipinski definition) is 3. The summed E-state index contributed by atoms with van der Waals surface area (Å²) in [5.74, 6) is -0.00868. The molecule has 2 aromatic carbocycles. The number of aliphatic hydroxyl groups is 1. The van der Waals surface area contributed by atoms with Crippen LogP contribution in [-0.2, 0) is 4.79 Å². The van der Waals surface area contributed by atoms with Gasteiger partial charge in [0.25, 0.3) is 0 Å². The van der Waals surface area contributed by atoms with Crippen LogP contribution in [0.15, 0.2) is 70.9 Å². The van der Waals surface area contributed by atoms with E-state index >= 15 is 0 Å². The predicted molar refractivity (Wildman–Crippen MR) is 93.9 cm³/mol. The largest absolute Gasteiger partial charge is 0.370 e. The first kappa shape index (κ1) is 17.8. The van der Waals surface area contributed by atoms with Crippen molar-refractivity contribution in [3.8, 4) is 0 Å². The molecule has 0 aliphatic heterocycles. The highest BCUT2D eigenvalue weighted by Gasteiger charge is 2.15. The van der Waals surface area contributed by atoms with E-state index in [9.17, 15) is 9.90 Å². The summed E-state index contributed by atoms with van der Waals surface area (Å²) in [4.78, 5) is 11.7. The van der Waals surface area contributed by atoms with Crippen LogP contribution in [0.4, 0.5) is 11.4 Å². The number of aliphatic hydroxyl groups excluding tert-OH is 1. The van der Waals surface area contributed by atoms with E-state index in [0.29, 0.717) is 18.5 Å². The van der Waals surface area contributed by atoms with Gasteiger partial charge in [-0.15, -0.1) is 0 Å². The zero-order valence-corrected chi connectivity index (χ0v) is 13.6. The number of nitrogens with zero attached hydrogens (tertiary/aromatic N) is 2. The Balaban J connectivity index is 1.80. The fraction of sp³-hybridized carbons (Fsp3) is 0.278. The van der Waals surface area contributed by atoms with Crippen LogP contribution in [0.25, 0.3) is 0 Å². The summed E-state index contributed by atoms with van der Waals surface area (Å²) in [5.41, 5.74) is 7.54. The molecule has 24 heavy (non-hydrogen) atoms. The van der Waals surface area contributed by atoms with Crippen LogP contribution in [0.5, 0.6) is 0 Å². The minimum absolute atomic E-state index is 0.00868. The lowest BCUT2D eigenvalue weighted by Gasteiger charge is -2.18. The van der Waals surface area contributed by atoms with Crippen molar-refractivity contribution in [1.82, 2.24) is 5.43 Å². The predicted octanol–water partition coefficient (Wildman–Crippen LogP) is 3.44. The maximum Gasteiger partial charge on any atom is 0.166 e. The van der Waals surface area contributed by atoms with Crippen LogP contribution in [-0.4, -0.2) is 23.2 Å². The molecule has 126 valence electrons. The number of ketones is 1. The number of anilines is 1. The third-order valence-corrected chi connectivity index (χ3v) is 3.43. The molecular formula is C18H22N4O2. The first-order valence-electron chi connectivity index (χ1n) is 7.86. The molecule has 2 atom stereocenters. The maximum atomic E-state index is 11.7. The molecule has 6 nitrogen and oxygen atoms in total. The highest BCUT2D eigenvalue weighted by Crippen LogP contribution is 2.13. The maximum absolute atomic E-state index is 11.7. The van der Waals surface area contributed by atoms with Gasteiger partial charge >= 0.3 is 0 Å². The first-order chi connectivity index (χ1) is 11.6. The summed E-state index contributed by atoms with van der Waals surface area (Å²) in [7, 11) is 0. The number of carbonyl (C=O) groups is 1. The quantitative estimate of drug-likeness (QED) is 0.487. The molecule has 0 saturated carbocycles. The van der Waals surface area contributed by atoms with Gasteiger partial charge in [0.1, 0.15) is 5.78 Å². The lowest BCUT2D eigenvalue weighted by molar-refractivity contribution is -0.119. The summed E-state index contributed by atoms with van der Waals surface area (Å²) < 4.78 is 0. The average molecular weight is 326 g/mol. The zero-order chi connectivity index (χ0) is 17.2. The third kappa shape index (κ3) is 6.28. The van der Waals surface area contributed by atoms with Gasteiger partial charge in [-0.25, -0.2) is 5.43 Å². The van der Waals surface area contributed by atoms with E-state index < -0.39 is 12.3 Å². The van der Waals surface area contributed by atoms with E-state index in [4.69, 9.17) is 0 Å². The van der Waals surface area contributed by atoms with Crippen molar-refractivity contribution in [2.45, 2.75) is 32.0 Å². The van der Waals surface area contributed by atoms with Gasteiger partial charge in [0.15, 0.2) is 6.23 Å². The minimum Gasteiger partial charge on any atom is -0.370 e. The molecule has 0 heterocycles. The Morgan fingerprint density at radius 1 is 1.04 bits per heavy atom. The average Bonchev–Trinajstić information content (AvgIpc) is 2.61. The van der Waals surface area contributed by atoms with Gasteiger partial charge in [-0.1, -0.05) is 36.4 Å². The number of para-hydroxylation sites is 1. The van der Waals surface area contributed by atoms with Crippen molar-refractivity contribution in [2.24, 2.45) is 10.2 Å². The molecule has 0 amide bonds. The van der Waals surface area contributed by atoms with Gasteiger partial charge < -0.3 is 10.5 Å². The Kier molecular flexibility index (Phi) is 7.07. The topological polar surface area (TPSA) is 86.1 Å².